The molecule has 0 unspecified atom stereocenters. The van der Waals surface area contributed by atoms with Crippen LogP contribution in [0, 0.1) is 0 Å². The van der Waals surface area contributed by atoms with Crippen molar-refractivity contribution in [3.8, 4) is 11.1 Å². The number of benzene rings is 5. The molecule has 1 aromatic heterocycles. The highest BCUT2D eigenvalue weighted by Crippen LogP contribution is 2.47. The predicted molar refractivity (Wildman–Crippen MR) is 132 cm³/mol. The molecule has 0 bridgehead atoms. The van der Waals surface area contributed by atoms with E-state index < -0.39 is 0 Å². The highest BCUT2D eigenvalue weighted by atomic mass is 79.9. The molecule has 5 aromatic carbocycles. The average Bonchev–Trinajstić information content (AvgIpc) is 3.15. The first-order valence-electron chi connectivity index (χ1n) is 9.43. The Labute approximate surface area is 185 Å². The predicted octanol–water partition coefficient (Wildman–Crippen LogP) is 9.44. The van der Waals surface area contributed by atoms with Gasteiger partial charge in [-0.3, -0.25) is 0 Å². The van der Waals surface area contributed by atoms with Crippen molar-refractivity contribution in [2.75, 3.05) is 0 Å². The van der Waals surface area contributed by atoms with E-state index >= 15 is 0 Å². The van der Waals surface area contributed by atoms with Crippen molar-refractivity contribution in [2.45, 2.75) is 0 Å². The zero-order chi connectivity index (χ0) is 19.5. The second-order valence-corrected chi connectivity index (χ2v) is 9.43. The van der Waals surface area contributed by atoms with Crippen LogP contribution in [0.5, 0.6) is 0 Å². The molecule has 29 heavy (non-hydrogen) atoms. The first-order chi connectivity index (χ1) is 14.2. The van der Waals surface area contributed by atoms with Gasteiger partial charge in [-0.1, -0.05) is 84.4 Å². The maximum Gasteiger partial charge on any atom is 0.0499 e. The largest absolute Gasteiger partial charge is 0.134 e. The van der Waals surface area contributed by atoms with Crippen molar-refractivity contribution in [2.24, 2.45) is 0 Å². The van der Waals surface area contributed by atoms with Gasteiger partial charge in [-0.15, -0.1) is 11.3 Å². The summed E-state index contributed by atoms with van der Waals surface area (Å²) in [6.07, 6.45) is 0. The summed E-state index contributed by atoms with van der Waals surface area (Å²) in [6, 6.07) is 30.0. The van der Waals surface area contributed by atoms with Crippen LogP contribution in [-0.4, -0.2) is 0 Å². The molecule has 3 heteroatoms. The summed E-state index contributed by atoms with van der Waals surface area (Å²) in [7, 11) is 0. The molecule has 0 spiro atoms. The average molecular weight is 474 g/mol. The molecule has 0 saturated carbocycles. The third-order valence-corrected chi connectivity index (χ3v) is 7.98. The summed E-state index contributed by atoms with van der Waals surface area (Å²) in [5.74, 6) is 0. The quantitative estimate of drug-likeness (QED) is 0.209. The number of thiophene rings is 1. The van der Waals surface area contributed by atoms with Crippen LogP contribution in [0.15, 0.2) is 89.4 Å². The first kappa shape index (κ1) is 17.5. The van der Waals surface area contributed by atoms with E-state index in [9.17, 15) is 0 Å². The van der Waals surface area contributed by atoms with Crippen molar-refractivity contribution in [1.29, 1.82) is 0 Å². The van der Waals surface area contributed by atoms with Crippen LogP contribution in [-0.2, 0) is 0 Å². The zero-order valence-corrected chi connectivity index (χ0v) is 18.4. The van der Waals surface area contributed by atoms with Crippen molar-refractivity contribution >= 4 is 80.6 Å². The minimum absolute atomic E-state index is 0.816. The lowest BCUT2D eigenvalue weighted by Gasteiger charge is -2.15. The monoisotopic (exact) mass is 472 g/mol. The molecule has 0 aliphatic heterocycles. The van der Waals surface area contributed by atoms with Crippen LogP contribution in [0.3, 0.4) is 0 Å². The minimum Gasteiger partial charge on any atom is -0.134 e. The van der Waals surface area contributed by atoms with Gasteiger partial charge in [-0.05, 0) is 55.2 Å². The second-order valence-electron chi connectivity index (χ2n) is 7.18. The number of hydrogen-bond acceptors (Lipinski definition) is 1. The molecule has 0 aliphatic carbocycles. The van der Waals surface area contributed by atoms with Crippen LogP contribution < -0.4 is 0 Å². The summed E-state index contributed by atoms with van der Waals surface area (Å²) in [5, 5.41) is 8.18. The molecular weight excluding hydrogens is 460 g/mol. The molecule has 6 aromatic rings. The third kappa shape index (κ3) is 2.50. The fourth-order valence-electron chi connectivity index (χ4n) is 4.37. The van der Waals surface area contributed by atoms with E-state index in [1.54, 1.807) is 0 Å². The van der Waals surface area contributed by atoms with Crippen LogP contribution in [0.2, 0.25) is 5.02 Å². The Hall–Kier alpha value is -2.39. The molecule has 0 radical (unpaired) electrons. The maximum atomic E-state index is 6.59. The normalized spacial score (nSPS) is 11.8. The smallest absolute Gasteiger partial charge is 0.0499 e. The first-order valence-corrected chi connectivity index (χ1v) is 11.4. The van der Waals surface area contributed by atoms with Gasteiger partial charge in [0.1, 0.15) is 0 Å². The number of hydrogen-bond donors (Lipinski definition) is 0. The SMILES string of the molecule is Clc1cccc2sc3c(-c4c5ccccc5c(Br)c5ccccc45)cccc3c12. The van der Waals surface area contributed by atoms with Gasteiger partial charge in [-0.2, -0.15) is 0 Å². The molecule has 0 N–H and O–H groups in total. The van der Waals surface area contributed by atoms with Gasteiger partial charge in [0.2, 0.25) is 0 Å². The number of rotatable bonds is 1. The zero-order valence-electron chi connectivity index (χ0n) is 15.2. The molecule has 0 atom stereocenters. The van der Waals surface area contributed by atoms with Crippen LogP contribution in [0.1, 0.15) is 0 Å². The lowest BCUT2D eigenvalue weighted by atomic mass is 9.91. The van der Waals surface area contributed by atoms with Gasteiger partial charge in [-0.25, -0.2) is 0 Å². The van der Waals surface area contributed by atoms with Gasteiger partial charge >= 0.3 is 0 Å². The fourth-order valence-corrected chi connectivity index (χ4v) is 6.64. The number of halogens is 2. The standard InChI is InChI=1S/C26H14BrClS/c27-25-17-9-3-1-7-15(17)23(16-8-2-4-10-18(16)25)19-11-5-12-20-24-21(28)13-6-14-22(24)29-26(19)20/h1-14H. The minimum atomic E-state index is 0.816. The number of fused-ring (bicyclic) bond motifs is 5. The summed E-state index contributed by atoms with van der Waals surface area (Å²) in [6.45, 7) is 0. The highest BCUT2D eigenvalue weighted by molar-refractivity contribution is 9.10. The molecule has 6 rings (SSSR count). The Morgan fingerprint density at radius 1 is 0.621 bits per heavy atom. The topological polar surface area (TPSA) is 0 Å². The molecule has 0 amide bonds. The summed E-state index contributed by atoms with van der Waals surface area (Å²) in [4.78, 5) is 0. The summed E-state index contributed by atoms with van der Waals surface area (Å²) >= 11 is 12.3. The fraction of sp³-hybridized carbons (Fsp3) is 0. The molecule has 1 heterocycles. The molecule has 0 aliphatic rings. The van der Waals surface area contributed by atoms with E-state index in [2.05, 4.69) is 88.7 Å². The van der Waals surface area contributed by atoms with Crippen molar-refractivity contribution in [3.05, 3.63) is 94.4 Å². The molecule has 0 fully saturated rings. The van der Waals surface area contributed by atoms with E-state index in [-0.39, 0.29) is 0 Å². The van der Waals surface area contributed by atoms with E-state index in [1.807, 2.05) is 23.5 Å². The molecule has 138 valence electrons. The Bertz CT molecular complexity index is 1520. The Morgan fingerprint density at radius 3 is 1.90 bits per heavy atom. The lowest BCUT2D eigenvalue weighted by Crippen LogP contribution is -1.87. The van der Waals surface area contributed by atoms with Crippen molar-refractivity contribution in [3.63, 3.8) is 0 Å². The Kier molecular flexibility index (Phi) is 3.95. The van der Waals surface area contributed by atoms with Crippen LogP contribution >= 0.6 is 38.9 Å². The molecule has 0 saturated heterocycles. The Morgan fingerprint density at radius 2 is 1.21 bits per heavy atom. The summed E-state index contributed by atoms with van der Waals surface area (Å²) in [5.41, 5.74) is 2.55. The molecular formula is C26H14BrClS. The lowest BCUT2D eigenvalue weighted by molar-refractivity contribution is 1.72. The van der Waals surface area contributed by atoms with E-state index in [4.69, 9.17) is 11.6 Å². The van der Waals surface area contributed by atoms with Gasteiger partial charge in [0.25, 0.3) is 0 Å². The van der Waals surface area contributed by atoms with E-state index in [1.165, 1.54) is 47.5 Å². The maximum absolute atomic E-state index is 6.59. The van der Waals surface area contributed by atoms with Crippen molar-refractivity contribution in [1.82, 2.24) is 0 Å². The second kappa shape index (κ2) is 6.56. The van der Waals surface area contributed by atoms with E-state index in [0.29, 0.717) is 0 Å². The highest BCUT2D eigenvalue weighted by Gasteiger charge is 2.18. The third-order valence-electron chi connectivity index (χ3n) is 5.61. The van der Waals surface area contributed by atoms with Gasteiger partial charge in [0.15, 0.2) is 0 Å². The van der Waals surface area contributed by atoms with Gasteiger partial charge in [0.05, 0.1) is 0 Å². The molecule has 0 nitrogen and oxygen atoms in total. The Balaban J connectivity index is 1.86. The summed E-state index contributed by atoms with van der Waals surface area (Å²) < 4.78 is 3.66. The van der Waals surface area contributed by atoms with Crippen LogP contribution in [0.4, 0.5) is 0 Å². The van der Waals surface area contributed by atoms with Gasteiger partial charge < -0.3 is 0 Å². The van der Waals surface area contributed by atoms with Crippen LogP contribution in [0.25, 0.3) is 52.8 Å². The van der Waals surface area contributed by atoms with E-state index in [0.717, 1.165) is 14.9 Å². The van der Waals surface area contributed by atoms with Gasteiger partial charge in [0, 0.05) is 35.2 Å². The van der Waals surface area contributed by atoms with Crippen molar-refractivity contribution < 1.29 is 0 Å².